The fourth-order valence-corrected chi connectivity index (χ4v) is 3.66. The Morgan fingerprint density at radius 2 is 1.50 bits per heavy atom. The Kier molecular flexibility index (Phi) is 5.88. The van der Waals surface area contributed by atoms with E-state index in [1.165, 1.54) is 5.56 Å². The summed E-state index contributed by atoms with van der Waals surface area (Å²) in [5.41, 5.74) is 2.39. The number of aryl methyl sites for hydroxylation is 1. The van der Waals surface area contributed by atoms with Gasteiger partial charge in [0.05, 0.1) is 0 Å². The summed E-state index contributed by atoms with van der Waals surface area (Å²) in [7, 11) is 0. The third-order valence-corrected chi connectivity index (χ3v) is 5.28. The summed E-state index contributed by atoms with van der Waals surface area (Å²) in [5.74, 6) is 1.95. The van der Waals surface area contributed by atoms with Gasteiger partial charge in [-0.1, -0.05) is 60.7 Å². The van der Waals surface area contributed by atoms with Gasteiger partial charge in [-0.2, -0.15) is 0 Å². The lowest BCUT2D eigenvalue weighted by Crippen LogP contribution is -2.48. The number of hydrogen-bond donors (Lipinski definition) is 0. The van der Waals surface area contributed by atoms with E-state index >= 15 is 0 Å². The molecular weight excluding hydrogens is 348 g/mol. The topological polar surface area (TPSA) is 36.7 Å². The van der Waals surface area contributed by atoms with Gasteiger partial charge in [0.2, 0.25) is 5.91 Å². The van der Waals surface area contributed by atoms with Crippen molar-refractivity contribution in [3.8, 4) is 11.3 Å². The average molecular weight is 374 g/mol. The number of rotatable bonds is 6. The van der Waals surface area contributed by atoms with Crippen LogP contribution in [0.1, 0.15) is 17.7 Å². The molecule has 1 aromatic heterocycles. The molecule has 2 aromatic carbocycles. The van der Waals surface area contributed by atoms with Gasteiger partial charge in [0, 0.05) is 51.1 Å². The molecule has 0 unspecified atom stereocenters. The van der Waals surface area contributed by atoms with Crippen LogP contribution in [0.2, 0.25) is 0 Å². The number of hydrogen-bond acceptors (Lipinski definition) is 3. The molecule has 144 valence electrons. The van der Waals surface area contributed by atoms with Crippen LogP contribution in [0, 0.1) is 0 Å². The quantitative estimate of drug-likeness (QED) is 0.648. The van der Waals surface area contributed by atoms with E-state index in [0.717, 1.165) is 49.8 Å². The van der Waals surface area contributed by atoms with Crippen LogP contribution in [0.4, 0.5) is 0 Å². The first-order valence-corrected chi connectivity index (χ1v) is 9.96. The molecule has 0 spiro atoms. The highest BCUT2D eigenvalue weighted by atomic mass is 16.3. The summed E-state index contributed by atoms with van der Waals surface area (Å²) < 4.78 is 5.91. The van der Waals surface area contributed by atoms with Gasteiger partial charge in [-0.05, 0) is 17.7 Å². The Labute approximate surface area is 166 Å². The maximum absolute atomic E-state index is 12.6. The van der Waals surface area contributed by atoms with Crippen LogP contribution in [0.25, 0.3) is 11.3 Å². The van der Waals surface area contributed by atoms with Crippen LogP contribution >= 0.6 is 0 Å². The molecule has 2 heterocycles. The second-order valence-electron chi connectivity index (χ2n) is 7.27. The lowest BCUT2D eigenvalue weighted by Gasteiger charge is -2.34. The van der Waals surface area contributed by atoms with Crippen molar-refractivity contribution in [2.75, 3.05) is 26.2 Å². The van der Waals surface area contributed by atoms with E-state index in [0.29, 0.717) is 12.8 Å². The summed E-state index contributed by atoms with van der Waals surface area (Å²) in [6.45, 7) is 4.43. The highest BCUT2D eigenvalue weighted by molar-refractivity contribution is 5.76. The molecule has 1 fully saturated rings. The highest BCUT2D eigenvalue weighted by Gasteiger charge is 2.21. The van der Waals surface area contributed by atoms with Crippen LogP contribution in [0.15, 0.2) is 77.2 Å². The van der Waals surface area contributed by atoms with Gasteiger partial charge in [-0.25, -0.2) is 0 Å². The van der Waals surface area contributed by atoms with Crippen molar-refractivity contribution < 1.29 is 9.21 Å². The number of benzene rings is 2. The number of carbonyl (C=O) groups excluding carboxylic acids is 1. The van der Waals surface area contributed by atoms with Crippen molar-refractivity contribution in [3.05, 3.63) is 84.1 Å². The van der Waals surface area contributed by atoms with Crippen molar-refractivity contribution in [2.45, 2.75) is 19.4 Å². The predicted molar refractivity (Wildman–Crippen MR) is 111 cm³/mol. The molecule has 0 bridgehead atoms. The van der Waals surface area contributed by atoms with Crippen LogP contribution in [0.3, 0.4) is 0 Å². The number of furan rings is 1. The van der Waals surface area contributed by atoms with Crippen LogP contribution in [0.5, 0.6) is 0 Å². The van der Waals surface area contributed by atoms with E-state index in [1.807, 2.05) is 53.4 Å². The summed E-state index contributed by atoms with van der Waals surface area (Å²) in [6, 6.07) is 24.5. The maximum atomic E-state index is 12.6. The molecule has 1 saturated heterocycles. The fourth-order valence-electron chi connectivity index (χ4n) is 3.66. The van der Waals surface area contributed by atoms with Crippen LogP contribution in [-0.2, 0) is 17.8 Å². The van der Waals surface area contributed by atoms with E-state index in [-0.39, 0.29) is 5.91 Å². The molecule has 0 aliphatic carbocycles. The standard InChI is InChI=1S/C24H26N2O2/c27-24(14-12-22-11-13-23(28-22)21-9-5-2-6-10-21)26-17-15-25(16-18-26)19-20-7-3-1-4-8-20/h1-11,13H,12,14-19H2. The smallest absolute Gasteiger partial charge is 0.223 e. The second-order valence-corrected chi connectivity index (χ2v) is 7.27. The first-order valence-electron chi connectivity index (χ1n) is 9.96. The predicted octanol–water partition coefficient (Wildman–Crippen LogP) is 4.22. The minimum Gasteiger partial charge on any atom is -0.461 e. The molecule has 28 heavy (non-hydrogen) atoms. The minimum atomic E-state index is 0.219. The molecule has 4 heteroatoms. The van der Waals surface area contributed by atoms with Gasteiger partial charge in [-0.3, -0.25) is 9.69 Å². The first-order chi connectivity index (χ1) is 13.8. The molecular formula is C24H26N2O2. The number of piperazine rings is 1. The highest BCUT2D eigenvalue weighted by Crippen LogP contribution is 2.22. The second kappa shape index (κ2) is 8.89. The molecule has 1 amide bonds. The summed E-state index contributed by atoms with van der Waals surface area (Å²) >= 11 is 0. The molecule has 0 N–H and O–H groups in total. The normalized spacial score (nSPS) is 14.9. The Morgan fingerprint density at radius 1 is 0.821 bits per heavy atom. The first kappa shape index (κ1) is 18.5. The monoisotopic (exact) mass is 374 g/mol. The Balaban J connectivity index is 1.23. The number of nitrogens with zero attached hydrogens (tertiary/aromatic N) is 2. The number of amides is 1. The molecule has 4 rings (SSSR count). The fraction of sp³-hybridized carbons (Fsp3) is 0.292. The van der Waals surface area contributed by atoms with Gasteiger partial charge < -0.3 is 9.32 Å². The molecule has 0 atom stereocenters. The van der Waals surface area contributed by atoms with Crippen molar-refractivity contribution >= 4 is 5.91 Å². The zero-order valence-corrected chi connectivity index (χ0v) is 16.1. The SMILES string of the molecule is O=C(CCc1ccc(-c2ccccc2)o1)N1CCN(Cc2ccccc2)CC1. The lowest BCUT2D eigenvalue weighted by atomic mass is 10.2. The van der Waals surface area contributed by atoms with Crippen molar-refractivity contribution in [1.29, 1.82) is 0 Å². The van der Waals surface area contributed by atoms with Crippen molar-refractivity contribution in [3.63, 3.8) is 0 Å². The minimum absolute atomic E-state index is 0.219. The molecule has 1 aliphatic heterocycles. The van der Waals surface area contributed by atoms with E-state index < -0.39 is 0 Å². The van der Waals surface area contributed by atoms with Crippen LogP contribution in [-0.4, -0.2) is 41.9 Å². The van der Waals surface area contributed by atoms with Gasteiger partial charge in [0.1, 0.15) is 11.5 Å². The summed E-state index contributed by atoms with van der Waals surface area (Å²) in [4.78, 5) is 17.0. The molecule has 3 aromatic rings. The summed E-state index contributed by atoms with van der Waals surface area (Å²) in [5, 5.41) is 0. The van der Waals surface area contributed by atoms with Gasteiger partial charge >= 0.3 is 0 Å². The Hall–Kier alpha value is -2.85. The van der Waals surface area contributed by atoms with E-state index in [2.05, 4.69) is 29.2 Å². The zero-order valence-electron chi connectivity index (χ0n) is 16.1. The van der Waals surface area contributed by atoms with Crippen molar-refractivity contribution in [2.24, 2.45) is 0 Å². The van der Waals surface area contributed by atoms with E-state index in [4.69, 9.17) is 4.42 Å². The van der Waals surface area contributed by atoms with Crippen LogP contribution < -0.4 is 0 Å². The largest absolute Gasteiger partial charge is 0.461 e. The maximum Gasteiger partial charge on any atom is 0.223 e. The Bertz CT molecular complexity index is 881. The third-order valence-electron chi connectivity index (χ3n) is 5.28. The molecule has 0 saturated carbocycles. The van der Waals surface area contributed by atoms with Crippen molar-refractivity contribution in [1.82, 2.24) is 9.80 Å². The molecule has 4 nitrogen and oxygen atoms in total. The Morgan fingerprint density at radius 3 is 2.21 bits per heavy atom. The molecule has 1 aliphatic rings. The van der Waals surface area contributed by atoms with Gasteiger partial charge in [0.15, 0.2) is 0 Å². The summed E-state index contributed by atoms with van der Waals surface area (Å²) in [6.07, 6.45) is 1.15. The van der Waals surface area contributed by atoms with Gasteiger partial charge in [0.25, 0.3) is 0 Å². The third kappa shape index (κ3) is 4.70. The molecule has 0 radical (unpaired) electrons. The van der Waals surface area contributed by atoms with Gasteiger partial charge in [-0.15, -0.1) is 0 Å². The zero-order chi connectivity index (χ0) is 19.2. The van der Waals surface area contributed by atoms with E-state index in [9.17, 15) is 4.79 Å². The lowest BCUT2D eigenvalue weighted by molar-refractivity contribution is -0.133. The van der Waals surface area contributed by atoms with E-state index in [1.54, 1.807) is 0 Å². The number of carbonyl (C=O) groups is 1. The average Bonchev–Trinajstić information content (AvgIpc) is 3.23.